The van der Waals surface area contributed by atoms with Gasteiger partial charge in [0.25, 0.3) is 18.1 Å². The number of hydrogen-bond acceptors (Lipinski definition) is 5. The van der Waals surface area contributed by atoms with Gasteiger partial charge in [-0.25, -0.2) is 13.8 Å². The number of likely N-dealkylation sites (tertiary alicyclic amines) is 1. The first-order valence-electron chi connectivity index (χ1n) is 10.7. The van der Waals surface area contributed by atoms with Gasteiger partial charge in [-0.15, -0.1) is 0 Å². The van der Waals surface area contributed by atoms with Gasteiger partial charge in [0, 0.05) is 19.0 Å². The average molecular weight is 443 g/mol. The van der Waals surface area contributed by atoms with Crippen LogP contribution in [0, 0.1) is 0 Å². The third-order valence-corrected chi connectivity index (χ3v) is 5.80. The first-order valence-corrected chi connectivity index (χ1v) is 10.7. The van der Waals surface area contributed by atoms with E-state index in [0.29, 0.717) is 24.5 Å². The van der Waals surface area contributed by atoms with Gasteiger partial charge in [-0.1, -0.05) is 32.9 Å². The van der Waals surface area contributed by atoms with Crippen LogP contribution in [-0.4, -0.2) is 50.1 Å². The zero-order valence-electron chi connectivity index (χ0n) is 18.5. The Morgan fingerprint density at radius 3 is 2.69 bits per heavy atom. The fourth-order valence-electron chi connectivity index (χ4n) is 3.95. The number of hydrogen-bond donors (Lipinski definition) is 0. The number of rotatable bonds is 5. The predicted molar refractivity (Wildman–Crippen MR) is 115 cm³/mol. The second-order valence-electron chi connectivity index (χ2n) is 9.12. The SMILES string of the molecule is CC(C)(C)c1ccc(OCC(=O)N2CCCC(c3cc(C(F)F)n4ncnc4n3)C2)cc1. The van der Waals surface area contributed by atoms with E-state index in [0.717, 1.165) is 17.4 Å². The van der Waals surface area contributed by atoms with E-state index in [1.54, 1.807) is 4.90 Å². The van der Waals surface area contributed by atoms with Gasteiger partial charge in [-0.05, 0) is 42.0 Å². The lowest BCUT2D eigenvalue weighted by Crippen LogP contribution is -2.41. The highest BCUT2D eigenvalue weighted by atomic mass is 19.3. The molecule has 170 valence electrons. The maximum Gasteiger partial charge on any atom is 0.280 e. The maximum absolute atomic E-state index is 13.5. The van der Waals surface area contributed by atoms with E-state index in [2.05, 4.69) is 35.8 Å². The lowest BCUT2D eigenvalue weighted by atomic mass is 9.87. The van der Waals surface area contributed by atoms with Crippen molar-refractivity contribution in [1.82, 2.24) is 24.5 Å². The summed E-state index contributed by atoms with van der Waals surface area (Å²) < 4.78 is 33.7. The summed E-state index contributed by atoms with van der Waals surface area (Å²) in [5.74, 6) is 0.508. The van der Waals surface area contributed by atoms with E-state index in [-0.39, 0.29) is 35.3 Å². The first-order chi connectivity index (χ1) is 15.2. The van der Waals surface area contributed by atoms with Gasteiger partial charge in [0.1, 0.15) is 17.8 Å². The molecular weight excluding hydrogens is 416 g/mol. The molecule has 1 atom stereocenters. The van der Waals surface area contributed by atoms with Crippen molar-refractivity contribution in [2.24, 2.45) is 0 Å². The number of benzene rings is 1. The predicted octanol–water partition coefficient (Wildman–Crippen LogP) is 4.14. The zero-order chi connectivity index (χ0) is 22.9. The highest BCUT2D eigenvalue weighted by Crippen LogP contribution is 2.29. The Labute approximate surface area is 185 Å². The molecule has 1 unspecified atom stereocenters. The summed E-state index contributed by atoms with van der Waals surface area (Å²) >= 11 is 0. The topological polar surface area (TPSA) is 72.6 Å². The smallest absolute Gasteiger partial charge is 0.280 e. The fraction of sp³-hybridized carbons (Fsp3) is 0.478. The summed E-state index contributed by atoms with van der Waals surface area (Å²) in [5, 5.41) is 3.82. The van der Waals surface area contributed by atoms with Crippen molar-refractivity contribution < 1.29 is 18.3 Å². The summed E-state index contributed by atoms with van der Waals surface area (Å²) in [6, 6.07) is 9.12. The number of fused-ring (bicyclic) bond motifs is 1. The normalized spacial score (nSPS) is 17.2. The van der Waals surface area contributed by atoms with Crippen LogP contribution >= 0.6 is 0 Å². The molecule has 1 amide bonds. The Morgan fingerprint density at radius 1 is 1.25 bits per heavy atom. The van der Waals surface area contributed by atoms with Crippen molar-refractivity contribution in [1.29, 1.82) is 0 Å². The van der Waals surface area contributed by atoms with Crippen molar-refractivity contribution in [3.05, 3.63) is 53.6 Å². The maximum atomic E-state index is 13.5. The van der Waals surface area contributed by atoms with Gasteiger partial charge >= 0.3 is 0 Å². The van der Waals surface area contributed by atoms with Crippen LogP contribution in [0.4, 0.5) is 8.78 Å². The molecule has 1 aromatic carbocycles. The zero-order valence-corrected chi connectivity index (χ0v) is 18.5. The van der Waals surface area contributed by atoms with Crippen LogP contribution in [0.2, 0.25) is 0 Å². The molecule has 0 radical (unpaired) electrons. The van der Waals surface area contributed by atoms with E-state index >= 15 is 0 Å². The lowest BCUT2D eigenvalue weighted by Gasteiger charge is -2.32. The summed E-state index contributed by atoms with van der Waals surface area (Å²) in [5.41, 5.74) is 1.51. The molecule has 7 nitrogen and oxygen atoms in total. The number of aromatic nitrogens is 4. The number of halogens is 2. The fourth-order valence-corrected chi connectivity index (χ4v) is 3.95. The third-order valence-electron chi connectivity index (χ3n) is 5.80. The molecule has 2 aromatic heterocycles. The van der Waals surface area contributed by atoms with Crippen LogP contribution in [0.15, 0.2) is 36.7 Å². The summed E-state index contributed by atoms with van der Waals surface area (Å²) in [6.45, 7) is 7.36. The minimum Gasteiger partial charge on any atom is -0.484 e. The number of nitrogens with zero attached hydrogens (tertiary/aromatic N) is 5. The molecular formula is C23H27F2N5O2. The number of ether oxygens (including phenoxy) is 1. The minimum absolute atomic E-state index is 0.0465. The lowest BCUT2D eigenvalue weighted by molar-refractivity contribution is -0.134. The summed E-state index contributed by atoms with van der Waals surface area (Å²) in [6.07, 6.45) is 0.0412. The van der Waals surface area contributed by atoms with Crippen molar-refractivity contribution in [3.63, 3.8) is 0 Å². The van der Waals surface area contributed by atoms with Gasteiger partial charge in [-0.2, -0.15) is 14.6 Å². The van der Waals surface area contributed by atoms with Crippen molar-refractivity contribution in [3.8, 4) is 5.75 Å². The number of carbonyl (C=O) groups excluding carboxylic acids is 1. The highest BCUT2D eigenvalue weighted by Gasteiger charge is 2.28. The van der Waals surface area contributed by atoms with Gasteiger partial charge < -0.3 is 9.64 Å². The van der Waals surface area contributed by atoms with Gasteiger partial charge in [0.05, 0.1) is 5.69 Å². The molecule has 4 rings (SSSR count). The Kier molecular flexibility index (Phi) is 6.08. The van der Waals surface area contributed by atoms with Crippen LogP contribution in [0.5, 0.6) is 5.75 Å². The van der Waals surface area contributed by atoms with Gasteiger partial charge in [0.15, 0.2) is 6.61 Å². The van der Waals surface area contributed by atoms with Crippen LogP contribution < -0.4 is 4.74 Å². The third kappa shape index (κ3) is 4.71. The van der Waals surface area contributed by atoms with Crippen LogP contribution in [0.25, 0.3) is 5.78 Å². The Balaban J connectivity index is 1.41. The Morgan fingerprint density at radius 2 is 2.00 bits per heavy atom. The second kappa shape index (κ2) is 8.80. The summed E-state index contributed by atoms with van der Waals surface area (Å²) in [7, 11) is 0. The Hall–Kier alpha value is -3.10. The van der Waals surface area contributed by atoms with Crippen molar-refractivity contribution >= 4 is 11.7 Å². The minimum atomic E-state index is -2.69. The van der Waals surface area contributed by atoms with E-state index in [1.807, 2.05) is 24.3 Å². The van der Waals surface area contributed by atoms with Crippen LogP contribution in [0.3, 0.4) is 0 Å². The molecule has 1 aliphatic heterocycles. The molecule has 0 saturated carbocycles. The molecule has 0 N–H and O–H groups in total. The Bertz CT molecular complexity index is 1090. The molecule has 0 spiro atoms. The van der Waals surface area contributed by atoms with Gasteiger partial charge in [-0.3, -0.25) is 4.79 Å². The van der Waals surface area contributed by atoms with Crippen molar-refractivity contribution in [2.75, 3.05) is 19.7 Å². The molecule has 1 fully saturated rings. The number of alkyl halides is 2. The molecule has 1 saturated heterocycles. The van der Waals surface area contributed by atoms with Crippen molar-refractivity contribution in [2.45, 2.75) is 51.4 Å². The molecule has 3 heterocycles. The quantitative estimate of drug-likeness (QED) is 0.593. The van der Waals surface area contributed by atoms with Crippen LogP contribution in [-0.2, 0) is 10.2 Å². The number of carbonyl (C=O) groups is 1. The largest absolute Gasteiger partial charge is 0.484 e. The van der Waals surface area contributed by atoms with E-state index in [1.165, 1.54) is 18.0 Å². The average Bonchev–Trinajstić information content (AvgIpc) is 3.25. The monoisotopic (exact) mass is 443 g/mol. The van der Waals surface area contributed by atoms with E-state index < -0.39 is 6.43 Å². The molecule has 1 aliphatic rings. The molecule has 0 bridgehead atoms. The molecule has 3 aromatic rings. The van der Waals surface area contributed by atoms with Gasteiger partial charge in [0.2, 0.25) is 0 Å². The first kappa shape index (κ1) is 22.1. The molecule has 9 heteroatoms. The molecule has 32 heavy (non-hydrogen) atoms. The number of piperidine rings is 1. The highest BCUT2D eigenvalue weighted by molar-refractivity contribution is 5.78. The van der Waals surface area contributed by atoms with E-state index in [4.69, 9.17) is 4.74 Å². The summed E-state index contributed by atoms with van der Waals surface area (Å²) in [4.78, 5) is 22.8. The molecule has 0 aliphatic carbocycles. The second-order valence-corrected chi connectivity index (χ2v) is 9.12. The van der Waals surface area contributed by atoms with E-state index in [9.17, 15) is 13.6 Å². The van der Waals surface area contributed by atoms with Crippen LogP contribution in [0.1, 0.15) is 62.9 Å². The standard InChI is InChI=1S/C23H27F2N5O2/c1-23(2,3)16-6-8-17(9-7-16)32-13-20(31)29-10-4-5-15(12-29)18-11-19(21(24)25)30-22(28-18)26-14-27-30/h6-9,11,14-15,21H,4-5,10,12-13H2,1-3H3. The number of amides is 1.